The van der Waals surface area contributed by atoms with Crippen LogP contribution < -0.4 is 5.56 Å². The van der Waals surface area contributed by atoms with E-state index in [1.165, 1.54) is 5.56 Å². The summed E-state index contributed by atoms with van der Waals surface area (Å²) in [5.41, 5.74) is 3.57. The van der Waals surface area contributed by atoms with Crippen molar-refractivity contribution in [2.45, 2.75) is 65.7 Å². The number of nitrogens with one attached hydrogen (secondary N) is 1. The van der Waals surface area contributed by atoms with Crippen LogP contribution in [0.5, 0.6) is 0 Å². The van der Waals surface area contributed by atoms with Gasteiger partial charge in [-0.2, -0.15) is 0 Å². The third-order valence-electron chi connectivity index (χ3n) is 6.02. The molecule has 7 nitrogen and oxygen atoms in total. The van der Waals surface area contributed by atoms with Crippen LogP contribution in [0.1, 0.15) is 62.7 Å². The Morgan fingerprint density at radius 1 is 1.06 bits per heavy atom. The summed E-state index contributed by atoms with van der Waals surface area (Å²) >= 11 is 0. The summed E-state index contributed by atoms with van der Waals surface area (Å²) in [7, 11) is 0. The molecule has 4 rings (SSSR count). The molecule has 0 spiro atoms. The Hall–Kier alpha value is -3.32. The Morgan fingerprint density at radius 2 is 1.82 bits per heavy atom. The van der Waals surface area contributed by atoms with Crippen molar-refractivity contribution >= 4 is 10.9 Å². The molecule has 33 heavy (non-hydrogen) atoms. The SMILES string of the molecule is CCC(c1nnnn1C(C)(C)C)N(Cc1ccccc1)Cc1cc2cccc(C)c2[nH]c1=O. The van der Waals surface area contributed by atoms with Gasteiger partial charge >= 0.3 is 0 Å². The van der Waals surface area contributed by atoms with Gasteiger partial charge in [-0.25, -0.2) is 4.68 Å². The van der Waals surface area contributed by atoms with Crippen molar-refractivity contribution in [3.8, 4) is 0 Å². The van der Waals surface area contributed by atoms with Crippen LogP contribution in [0.3, 0.4) is 0 Å². The number of tetrazole rings is 1. The number of nitrogens with zero attached hydrogens (tertiary/aromatic N) is 5. The van der Waals surface area contributed by atoms with Crippen LogP contribution in [0.25, 0.3) is 10.9 Å². The number of H-pyrrole nitrogens is 1. The van der Waals surface area contributed by atoms with Gasteiger partial charge in [0.15, 0.2) is 5.82 Å². The van der Waals surface area contributed by atoms with Gasteiger partial charge in [-0.05, 0) is 67.1 Å². The molecule has 0 saturated carbocycles. The van der Waals surface area contributed by atoms with Gasteiger partial charge in [-0.15, -0.1) is 5.10 Å². The van der Waals surface area contributed by atoms with Crippen molar-refractivity contribution in [2.24, 2.45) is 0 Å². The van der Waals surface area contributed by atoms with Crippen LogP contribution in [-0.4, -0.2) is 30.1 Å². The zero-order chi connectivity index (χ0) is 23.6. The van der Waals surface area contributed by atoms with Crippen LogP contribution >= 0.6 is 0 Å². The molecule has 1 N–H and O–H groups in total. The molecular formula is C26H32N6O. The number of rotatable bonds is 7. The second kappa shape index (κ2) is 9.27. The highest BCUT2D eigenvalue weighted by Crippen LogP contribution is 2.29. The van der Waals surface area contributed by atoms with Gasteiger partial charge in [0.25, 0.3) is 5.56 Å². The highest BCUT2D eigenvalue weighted by atomic mass is 16.1. The third kappa shape index (κ3) is 4.88. The number of fused-ring (bicyclic) bond motifs is 1. The van der Waals surface area contributed by atoms with E-state index in [0.717, 1.165) is 34.3 Å². The average Bonchev–Trinajstić information content (AvgIpc) is 3.26. The zero-order valence-electron chi connectivity index (χ0n) is 20.0. The summed E-state index contributed by atoms with van der Waals surface area (Å²) < 4.78 is 1.90. The zero-order valence-corrected chi connectivity index (χ0v) is 20.0. The van der Waals surface area contributed by atoms with Crippen molar-refractivity contribution in [1.29, 1.82) is 0 Å². The van der Waals surface area contributed by atoms with Crippen LogP contribution in [-0.2, 0) is 18.6 Å². The summed E-state index contributed by atoms with van der Waals surface area (Å²) in [6, 6.07) is 18.4. The number of benzene rings is 2. The fraction of sp³-hybridized carbons (Fsp3) is 0.385. The summed E-state index contributed by atoms with van der Waals surface area (Å²) in [4.78, 5) is 18.5. The monoisotopic (exact) mass is 444 g/mol. The first-order valence-corrected chi connectivity index (χ1v) is 11.5. The molecule has 2 aromatic heterocycles. The number of hydrogen-bond donors (Lipinski definition) is 1. The Morgan fingerprint density at radius 3 is 2.52 bits per heavy atom. The van der Waals surface area contributed by atoms with Crippen molar-refractivity contribution in [3.05, 3.63) is 87.5 Å². The predicted molar refractivity (Wildman–Crippen MR) is 131 cm³/mol. The van der Waals surface area contributed by atoms with E-state index >= 15 is 0 Å². The minimum Gasteiger partial charge on any atom is -0.321 e. The summed E-state index contributed by atoms with van der Waals surface area (Å²) in [5, 5.41) is 13.7. The van der Waals surface area contributed by atoms with Crippen molar-refractivity contribution in [1.82, 2.24) is 30.1 Å². The minimum absolute atomic E-state index is 0.0490. The van der Waals surface area contributed by atoms with Gasteiger partial charge in [0.1, 0.15) is 0 Å². The average molecular weight is 445 g/mol. The van der Waals surface area contributed by atoms with Crippen molar-refractivity contribution in [2.75, 3.05) is 0 Å². The second-order valence-electron chi connectivity index (χ2n) is 9.60. The maximum atomic E-state index is 13.1. The maximum absolute atomic E-state index is 13.1. The highest BCUT2D eigenvalue weighted by Gasteiger charge is 2.29. The van der Waals surface area contributed by atoms with Gasteiger partial charge in [-0.3, -0.25) is 9.69 Å². The molecule has 2 aromatic carbocycles. The van der Waals surface area contributed by atoms with Crippen molar-refractivity contribution < 1.29 is 0 Å². The molecule has 0 fully saturated rings. The van der Waals surface area contributed by atoms with E-state index in [0.29, 0.717) is 13.1 Å². The van der Waals surface area contributed by atoms with E-state index in [1.54, 1.807) is 0 Å². The topological polar surface area (TPSA) is 79.7 Å². The molecule has 172 valence electrons. The standard InChI is InChI=1S/C26H32N6O/c1-6-22(24-28-29-30-32(24)26(3,4)5)31(16-19-12-8-7-9-13-19)17-21-15-20-14-10-11-18(2)23(20)27-25(21)33/h7-15,22H,6,16-17H2,1-5H3,(H,27,33). The molecule has 1 unspecified atom stereocenters. The Kier molecular flexibility index (Phi) is 6.42. The first kappa shape index (κ1) is 22.9. The molecule has 1 atom stereocenters. The second-order valence-corrected chi connectivity index (χ2v) is 9.60. The molecule has 2 heterocycles. The van der Waals surface area contributed by atoms with Gasteiger partial charge in [-0.1, -0.05) is 55.5 Å². The number of pyridine rings is 1. The first-order valence-electron chi connectivity index (χ1n) is 11.5. The lowest BCUT2D eigenvalue weighted by Crippen LogP contribution is -2.35. The number of hydrogen-bond acceptors (Lipinski definition) is 5. The lowest BCUT2D eigenvalue weighted by molar-refractivity contribution is 0.153. The number of aromatic amines is 1. The maximum Gasteiger partial charge on any atom is 0.252 e. The van der Waals surface area contributed by atoms with E-state index in [-0.39, 0.29) is 17.1 Å². The molecule has 7 heteroatoms. The molecule has 0 aliphatic heterocycles. The van der Waals surface area contributed by atoms with Gasteiger partial charge < -0.3 is 4.98 Å². The van der Waals surface area contributed by atoms with Crippen LogP contribution in [0.15, 0.2) is 59.4 Å². The number of para-hydroxylation sites is 1. The molecule has 0 radical (unpaired) electrons. The summed E-state index contributed by atoms with van der Waals surface area (Å²) in [5.74, 6) is 0.814. The molecular weight excluding hydrogens is 412 g/mol. The molecule has 0 bridgehead atoms. The fourth-order valence-electron chi connectivity index (χ4n) is 4.34. The lowest BCUT2D eigenvalue weighted by Gasteiger charge is -2.32. The Labute approximate surface area is 194 Å². The molecule has 0 aliphatic carbocycles. The smallest absolute Gasteiger partial charge is 0.252 e. The van der Waals surface area contributed by atoms with Gasteiger partial charge in [0.2, 0.25) is 0 Å². The van der Waals surface area contributed by atoms with E-state index in [9.17, 15) is 4.79 Å². The molecule has 0 amide bonds. The normalized spacial score (nSPS) is 13.0. The molecule has 0 saturated heterocycles. The largest absolute Gasteiger partial charge is 0.321 e. The van der Waals surface area contributed by atoms with Crippen LogP contribution in [0, 0.1) is 6.92 Å². The predicted octanol–water partition coefficient (Wildman–Crippen LogP) is 4.73. The minimum atomic E-state index is -0.247. The molecule has 0 aliphatic rings. The van der Waals surface area contributed by atoms with E-state index in [2.05, 4.69) is 65.2 Å². The quantitative estimate of drug-likeness (QED) is 0.446. The summed E-state index contributed by atoms with van der Waals surface area (Å²) in [6.45, 7) is 11.6. The van der Waals surface area contributed by atoms with E-state index in [1.807, 2.05) is 54.1 Å². The Bertz CT molecular complexity index is 1290. The van der Waals surface area contributed by atoms with Crippen LogP contribution in [0.4, 0.5) is 0 Å². The van der Waals surface area contributed by atoms with Gasteiger partial charge in [0.05, 0.1) is 17.1 Å². The van der Waals surface area contributed by atoms with Crippen LogP contribution in [0.2, 0.25) is 0 Å². The molecule has 4 aromatic rings. The van der Waals surface area contributed by atoms with Gasteiger partial charge in [0, 0.05) is 18.7 Å². The lowest BCUT2D eigenvalue weighted by atomic mass is 10.0. The first-order chi connectivity index (χ1) is 15.8. The third-order valence-corrected chi connectivity index (χ3v) is 6.02. The summed E-state index contributed by atoms with van der Waals surface area (Å²) in [6.07, 6.45) is 0.813. The fourth-order valence-corrected chi connectivity index (χ4v) is 4.34. The van der Waals surface area contributed by atoms with Crippen molar-refractivity contribution in [3.63, 3.8) is 0 Å². The Balaban J connectivity index is 1.77. The number of aryl methyl sites for hydroxylation is 1. The van der Waals surface area contributed by atoms with E-state index in [4.69, 9.17) is 0 Å². The highest BCUT2D eigenvalue weighted by molar-refractivity contribution is 5.81. The number of aromatic nitrogens is 5. The van der Waals surface area contributed by atoms with E-state index < -0.39 is 0 Å².